The monoisotopic (exact) mass is 243 g/mol. The molecule has 3 saturated carbocycles. The van der Waals surface area contributed by atoms with Crippen LogP contribution < -0.4 is 5.73 Å². The van der Waals surface area contributed by atoms with Crippen molar-refractivity contribution in [3.63, 3.8) is 0 Å². The van der Waals surface area contributed by atoms with Crippen molar-refractivity contribution in [2.75, 3.05) is 6.54 Å². The van der Waals surface area contributed by atoms with Crippen molar-refractivity contribution in [1.29, 1.82) is 0 Å². The summed E-state index contributed by atoms with van der Waals surface area (Å²) in [6, 6.07) is 9.03. The van der Waals surface area contributed by atoms with Crippen molar-refractivity contribution in [2.24, 2.45) is 11.1 Å². The third-order valence-electron chi connectivity index (χ3n) is 5.79. The second-order valence-electron chi connectivity index (χ2n) is 6.63. The molecular formula is C17H25N. The molecule has 1 aromatic carbocycles. The predicted octanol–water partition coefficient (Wildman–Crippen LogP) is 3.94. The fourth-order valence-electron chi connectivity index (χ4n) is 4.52. The first-order valence-corrected chi connectivity index (χ1v) is 7.46. The van der Waals surface area contributed by atoms with Gasteiger partial charge in [-0.25, -0.2) is 0 Å². The Morgan fingerprint density at radius 2 is 1.61 bits per heavy atom. The Labute approximate surface area is 111 Å². The lowest BCUT2D eigenvalue weighted by molar-refractivity contribution is 0.0343. The van der Waals surface area contributed by atoms with Gasteiger partial charge in [-0.15, -0.1) is 0 Å². The van der Waals surface area contributed by atoms with Gasteiger partial charge in [-0.05, 0) is 80.4 Å². The molecule has 3 aliphatic rings. The van der Waals surface area contributed by atoms with Gasteiger partial charge in [0.05, 0.1) is 0 Å². The van der Waals surface area contributed by atoms with Gasteiger partial charge in [0.1, 0.15) is 0 Å². The molecule has 98 valence electrons. The van der Waals surface area contributed by atoms with Crippen molar-refractivity contribution in [2.45, 2.75) is 57.3 Å². The van der Waals surface area contributed by atoms with Crippen molar-refractivity contribution < 1.29 is 0 Å². The maximum Gasteiger partial charge on any atom is -0.00437 e. The molecule has 18 heavy (non-hydrogen) atoms. The highest BCUT2D eigenvalue weighted by Gasteiger charge is 2.48. The van der Waals surface area contributed by atoms with E-state index in [1.807, 2.05) is 0 Å². The summed E-state index contributed by atoms with van der Waals surface area (Å²) in [5.74, 6) is 0. The molecule has 1 heteroatoms. The highest BCUT2D eigenvalue weighted by Crippen LogP contribution is 2.59. The molecule has 4 rings (SSSR count). The number of rotatable bonds is 3. The lowest BCUT2D eigenvalue weighted by atomic mass is 9.51. The highest BCUT2D eigenvalue weighted by molar-refractivity contribution is 5.35. The zero-order valence-corrected chi connectivity index (χ0v) is 11.5. The van der Waals surface area contributed by atoms with E-state index in [1.54, 1.807) is 5.56 Å². The third kappa shape index (κ3) is 1.80. The number of nitrogens with two attached hydrogens (primary N) is 1. The van der Waals surface area contributed by atoms with Crippen molar-refractivity contribution in [3.05, 3.63) is 35.4 Å². The zero-order valence-electron chi connectivity index (χ0n) is 11.5. The second kappa shape index (κ2) is 4.38. The Hall–Kier alpha value is -0.820. The van der Waals surface area contributed by atoms with Gasteiger partial charge in [-0.3, -0.25) is 0 Å². The molecule has 1 nitrogen and oxygen atoms in total. The van der Waals surface area contributed by atoms with Crippen molar-refractivity contribution >= 4 is 0 Å². The Kier molecular flexibility index (Phi) is 2.97. The first kappa shape index (κ1) is 12.2. The topological polar surface area (TPSA) is 26.0 Å². The maximum absolute atomic E-state index is 5.81. The van der Waals surface area contributed by atoms with Crippen LogP contribution in [-0.4, -0.2) is 6.54 Å². The van der Waals surface area contributed by atoms with E-state index >= 15 is 0 Å². The molecule has 3 aliphatic carbocycles. The number of aryl methyl sites for hydroxylation is 1. The van der Waals surface area contributed by atoms with E-state index in [1.165, 1.54) is 50.5 Å². The van der Waals surface area contributed by atoms with Gasteiger partial charge in [0.25, 0.3) is 0 Å². The van der Waals surface area contributed by atoms with E-state index in [0.717, 1.165) is 6.54 Å². The smallest absolute Gasteiger partial charge is 0.00437 e. The van der Waals surface area contributed by atoms with Gasteiger partial charge in [-0.1, -0.05) is 24.3 Å². The summed E-state index contributed by atoms with van der Waals surface area (Å²) < 4.78 is 0. The summed E-state index contributed by atoms with van der Waals surface area (Å²) in [6.07, 6.45) is 9.61. The van der Waals surface area contributed by atoms with E-state index < -0.39 is 0 Å². The second-order valence-corrected chi connectivity index (χ2v) is 6.63. The Bertz CT molecular complexity index is 410. The van der Waals surface area contributed by atoms with Crippen molar-refractivity contribution in [3.8, 4) is 0 Å². The van der Waals surface area contributed by atoms with E-state index in [0.29, 0.717) is 10.8 Å². The lowest BCUT2D eigenvalue weighted by Crippen LogP contribution is -2.45. The fourth-order valence-corrected chi connectivity index (χ4v) is 4.52. The van der Waals surface area contributed by atoms with Gasteiger partial charge in [0, 0.05) is 0 Å². The lowest BCUT2D eigenvalue weighted by Gasteiger charge is -2.54. The summed E-state index contributed by atoms with van der Waals surface area (Å²) >= 11 is 0. The quantitative estimate of drug-likeness (QED) is 0.855. The molecule has 0 spiro atoms. The van der Waals surface area contributed by atoms with Crippen LogP contribution in [0.4, 0.5) is 0 Å². The molecule has 0 aromatic heterocycles. The molecule has 0 heterocycles. The number of hydrogen-bond acceptors (Lipinski definition) is 1. The molecule has 0 saturated heterocycles. The molecule has 0 radical (unpaired) electrons. The Balaban J connectivity index is 1.87. The minimum Gasteiger partial charge on any atom is -0.330 e. The van der Waals surface area contributed by atoms with Crippen molar-refractivity contribution in [1.82, 2.24) is 0 Å². The van der Waals surface area contributed by atoms with E-state index in [9.17, 15) is 0 Å². The van der Waals surface area contributed by atoms with Crippen LogP contribution in [0.3, 0.4) is 0 Å². The third-order valence-corrected chi connectivity index (χ3v) is 5.79. The fraction of sp³-hybridized carbons (Fsp3) is 0.647. The Morgan fingerprint density at radius 3 is 2.17 bits per heavy atom. The highest BCUT2D eigenvalue weighted by atomic mass is 14.6. The molecule has 0 aliphatic heterocycles. The Morgan fingerprint density at radius 1 is 1.00 bits per heavy atom. The van der Waals surface area contributed by atoms with Crippen LogP contribution in [0, 0.1) is 12.3 Å². The van der Waals surface area contributed by atoms with E-state index in [2.05, 4.69) is 31.2 Å². The van der Waals surface area contributed by atoms with Gasteiger partial charge in [0.2, 0.25) is 0 Å². The summed E-state index contributed by atoms with van der Waals surface area (Å²) in [4.78, 5) is 0. The summed E-state index contributed by atoms with van der Waals surface area (Å²) in [5.41, 5.74) is 10.0. The number of benzene rings is 1. The zero-order chi connectivity index (χ0) is 12.6. The summed E-state index contributed by atoms with van der Waals surface area (Å²) in [6.45, 7) is 3.15. The minimum absolute atomic E-state index is 0.502. The van der Waals surface area contributed by atoms with E-state index in [-0.39, 0.29) is 0 Å². The average molecular weight is 243 g/mol. The summed E-state index contributed by atoms with van der Waals surface area (Å²) in [5, 5.41) is 0. The normalized spacial score (nSPS) is 34.8. The largest absolute Gasteiger partial charge is 0.330 e. The molecule has 0 atom stereocenters. The standard InChI is InChI=1S/C17H25N/c1-14-4-2-3-5-15(14)17-9-6-16(7-10-17,8-11-17)12-13-18/h2-5H,6-13,18H2,1H3. The molecule has 3 fully saturated rings. The van der Waals surface area contributed by atoms with E-state index in [4.69, 9.17) is 5.73 Å². The average Bonchev–Trinajstić information content (AvgIpc) is 2.41. The molecule has 0 unspecified atom stereocenters. The van der Waals surface area contributed by atoms with Crippen LogP contribution in [0.25, 0.3) is 0 Å². The SMILES string of the molecule is Cc1ccccc1C12CCC(CCN)(CC1)CC2. The first-order valence-electron chi connectivity index (χ1n) is 7.46. The maximum atomic E-state index is 5.81. The predicted molar refractivity (Wildman–Crippen MR) is 76.7 cm³/mol. The van der Waals surface area contributed by atoms with Gasteiger partial charge >= 0.3 is 0 Å². The van der Waals surface area contributed by atoms with Gasteiger partial charge < -0.3 is 5.73 Å². The molecule has 0 amide bonds. The van der Waals surface area contributed by atoms with Crippen LogP contribution in [0.5, 0.6) is 0 Å². The van der Waals surface area contributed by atoms with Crippen LogP contribution >= 0.6 is 0 Å². The first-order chi connectivity index (χ1) is 8.70. The number of fused-ring (bicyclic) bond motifs is 3. The van der Waals surface area contributed by atoms with Gasteiger partial charge in [0.15, 0.2) is 0 Å². The molecule has 2 bridgehead atoms. The van der Waals surface area contributed by atoms with Crippen LogP contribution in [0.1, 0.15) is 56.1 Å². The molecular weight excluding hydrogens is 218 g/mol. The number of hydrogen-bond donors (Lipinski definition) is 1. The summed E-state index contributed by atoms with van der Waals surface area (Å²) in [7, 11) is 0. The van der Waals surface area contributed by atoms with Gasteiger partial charge in [-0.2, -0.15) is 0 Å². The van der Waals surface area contributed by atoms with Crippen LogP contribution in [-0.2, 0) is 5.41 Å². The minimum atomic E-state index is 0.502. The molecule has 1 aromatic rings. The molecule has 2 N–H and O–H groups in total. The van der Waals surface area contributed by atoms with Crippen LogP contribution in [0.15, 0.2) is 24.3 Å². The van der Waals surface area contributed by atoms with Crippen LogP contribution in [0.2, 0.25) is 0 Å².